The summed E-state index contributed by atoms with van der Waals surface area (Å²) < 4.78 is 0. The van der Waals surface area contributed by atoms with Crippen molar-refractivity contribution in [1.82, 2.24) is 10.6 Å². The van der Waals surface area contributed by atoms with E-state index in [1.165, 1.54) is 0 Å². The molecule has 5 nitrogen and oxygen atoms in total. The van der Waals surface area contributed by atoms with Crippen LogP contribution in [0.4, 0.5) is 4.79 Å². The largest absolute Gasteiger partial charge is 0.508 e. The zero-order valence-corrected chi connectivity index (χ0v) is 11.2. The van der Waals surface area contributed by atoms with Gasteiger partial charge >= 0.3 is 6.03 Å². The lowest BCUT2D eigenvalue weighted by Gasteiger charge is -2.12. The Bertz CT molecular complexity index is 396. The van der Waals surface area contributed by atoms with E-state index >= 15 is 0 Å². The molecule has 0 bridgehead atoms. The Morgan fingerprint density at radius 1 is 1.37 bits per heavy atom. The Morgan fingerprint density at radius 2 is 2.16 bits per heavy atom. The van der Waals surface area contributed by atoms with E-state index in [4.69, 9.17) is 5.11 Å². The van der Waals surface area contributed by atoms with Gasteiger partial charge in [0.15, 0.2) is 0 Å². The van der Waals surface area contributed by atoms with Gasteiger partial charge in [-0.05, 0) is 36.5 Å². The average molecular weight is 266 g/mol. The molecule has 5 heteroatoms. The highest BCUT2D eigenvalue weighted by molar-refractivity contribution is 5.73. The first-order chi connectivity index (χ1) is 9.11. The number of phenolic OH excluding ortho intramolecular Hbond substituents is 1. The van der Waals surface area contributed by atoms with Crippen molar-refractivity contribution in [1.29, 1.82) is 0 Å². The molecule has 19 heavy (non-hydrogen) atoms. The van der Waals surface area contributed by atoms with Crippen molar-refractivity contribution in [2.45, 2.75) is 19.8 Å². The molecule has 0 saturated heterocycles. The number of phenols is 1. The molecule has 1 atom stereocenters. The van der Waals surface area contributed by atoms with Crippen molar-refractivity contribution >= 4 is 6.03 Å². The number of aliphatic hydroxyl groups excluding tert-OH is 1. The van der Waals surface area contributed by atoms with Crippen molar-refractivity contribution in [3.63, 3.8) is 0 Å². The summed E-state index contributed by atoms with van der Waals surface area (Å²) in [5, 5.41) is 23.5. The molecule has 0 heterocycles. The number of rotatable bonds is 7. The van der Waals surface area contributed by atoms with Crippen LogP contribution in [0, 0.1) is 5.92 Å². The Hall–Kier alpha value is -1.75. The fourth-order valence-corrected chi connectivity index (χ4v) is 1.68. The van der Waals surface area contributed by atoms with Gasteiger partial charge < -0.3 is 20.8 Å². The Morgan fingerprint density at radius 3 is 2.84 bits per heavy atom. The van der Waals surface area contributed by atoms with Crippen molar-refractivity contribution < 1.29 is 15.0 Å². The van der Waals surface area contributed by atoms with Crippen LogP contribution in [0.15, 0.2) is 24.3 Å². The molecule has 0 radical (unpaired) electrons. The summed E-state index contributed by atoms with van der Waals surface area (Å²) in [6, 6.07) is 6.78. The third-order valence-electron chi connectivity index (χ3n) is 2.84. The molecule has 0 aliphatic rings. The number of aromatic hydroxyl groups is 1. The molecule has 0 fully saturated rings. The smallest absolute Gasteiger partial charge is 0.314 e. The lowest BCUT2D eigenvalue weighted by atomic mass is 10.1. The zero-order chi connectivity index (χ0) is 14.1. The van der Waals surface area contributed by atoms with Gasteiger partial charge in [-0.2, -0.15) is 0 Å². The fraction of sp³-hybridized carbons (Fsp3) is 0.500. The number of carbonyl (C=O) groups excluding carboxylic acids is 1. The number of nitrogens with one attached hydrogen (secondary N) is 2. The molecule has 4 N–H and O–H groups in total. The summed E-state index contributed by atoms with van der Waals surface area (Å²) >= 11 is 0. The molecule has 1 aromatic carbocycles. The number of urea groups is 1. The SMILES string of the molecule is CC(CCO)CNC(=O)NCCc1cccc(O)c1. The summed E-state index contributed by atoms with van der Waals surface area (Å²) in [6.07, 6.45) is 1.36. The fourth-order valence-electron chi connectivity index (χ4n) is 1.68. The molecule has 0 saturated carbocycles. The maximum Gasteiger partial charge on any atom is 0.314 e. The molecule has 0 aliphatic carbocycles. The third kappa shape index (κ3) is 6.67. The average Bonchev–Trinajstić information content (AvgIpc) is 2.37. The number of amides is 2. The van der Waals surface area contributed by atoms with Crippen LogP contribution in [-0.2, 0) is 6.42 Å². The monoisotopic (exact) mass is 266 g/mol. The molecular formula is C14H22N2O3. The van der Waals surface area contributed by atoms with Crippen molar-refractivity contribution in [3.8, 4) is 5.75 Å². The predicted octanol–water partition coefficient (Wildman–Crippen LogP) is 1.25. The van der Waals surface area contributed by atoms with E-state index in [1.807, 2.05) is 13.0 Å². The van der Waals surface area contributed by atoms with Gasteiger partial charge in [0, 0.05) is 19.7 Å². The first-order valence-corrected chi connectivity index (χ1v) is 6.52. The molecule has 1 unspecified atom stereocenters. The van der Waals surface area contributed by atoms with E-state index in [2.05, 4.69) is 10.6 Å². The van der Waals surface area contributed by atoms with Gasteiger partial charge in [-0.3, -0.25) is 0 Å². The van der Waals surface area contributed by atoms with Crippen LogP contribution >= 0.6 is 0 Å². The van der Waals surface area contributed by atoms with Crippen LogP contribution in [0.1, 0.15) is 18.9 Å². The quantitative estimate of drug-likeness (QED) is 0.599. The van der Waals surface area contributed by atoms with Crippen molar-refractivity contribution in [2.24, 2.45) is 5.92 Å². The minimum Gasteiger partial charge on any atom is -0.508 e. The summed E-state index contributed by atoms with van der Waals surface area (Å²) in [5.41, 5.74) is 0.981. The van der Waals surface area contributed by atoms with Gasteiger partial charge in [0.05, 0.1) is 0 Å². The first-order valence-electron chi connectivity index (χ1n) is 6.52. The lowest BCUT2D eigenvalue weighted by Crippen LogP contribution is -2.38. The molecular weight excluding hydrogens is 244 g/mol. The van der Waals surface area contributed by atoms with Crippen molar-refractivity contribution in [3.05, 3.63) is 29.8 Å². The highest BCUT2D eigenvalue weighted by Gasteiger charge is 2.04. The van der Waals surface area contributed by atoms with Gasteiger partial charge in [0.1, 0.15) is 5.75 Å². The minimum atomic E-state index is -0.204. The van der Waals surface area contributed by atoms with E-state index in [1.54, 1.807) is 18.2 Å². The maximum absolute atomic E-state index is 11.5. The second-order valence-electron chi connectivity index (χ2n) is 4.67. The van der Waals surface area contributed by atoms with E-state index in [9.17, 15) is 9.90 Å². The van der Waals surface area contributed by atoms with Crippen LogP contribution in [0.5, 0.6) is 5.75 Å². The number of hydrogen-bond donors (Lipinski definition) is 4. The van der Waals surface area contributed by atoms with Gasteiger partial charge in [0.25, 0.3) is 0 Å². The van der Waals surface area contributed by atoms with Gasteiger partial charge in [-0.15, -0.1) is 0 Å². The molecule has 1 rings (SSSR count). The second-order valence-corrected chi connectivity index (χ2v) is 4.67. The Kier molecular flexibility index (Phi) is 6.74. The van der Waals surface area contributed by atoms with Crippen LogP contribution in [0.3, 0.4) is 0 Å². The van der Waals surface area contributed by atoms with E-state index in [0.29, 0.717) is 25.9 Å². The number of aliphatic hydroxyl groups is 1. The molecule has 0 aliphatic heterocycles. The summed E-state index contributed by atoms with van der Waals surface area (Å²) in [5.74, 6) is 0.501. The van der Waals surface area contributed by atoms with Crippen LogP contribution in [-0.4, -0.2) is 35.9 Å². The van der Waals surface area contributed by atoms with E-state index in [-0.39, 0.29) is 24.3 Å². The Balaban J connectivity index is 2.17. The van der Waals surface area contributed by atoms with E-state index in [0.717, 1.165) is 5.56 Å². The first kappa shape index (κ1) is 15.3. The predicted molar refractivity (Wildman–Crippen MR) is 74.1 cm³/mol. The third-order valence-corrected chi connectivity index (χ3v) is 2.84. The molecule has 0 aromatic heterocycles. The standard InChI is InChI=1S/C14H22N2O3/c1-11(6-8-17)10-16-14(19)15-7-5-12-3-2-4-13(18)9-12/h2-4,9,11,17-18H,5-8,10H2,1H3,(H2,15,16,19). The number of benzene rings is 1. The van der Waals surface area contributed by atoms with Gasteiger partial charge in [0.2, 0.25) is 0 Å². The number of carbonyl (C=O) groups is 1. The summed E-state index contributed by atoms with van der Waals surface area (Å²) in [7, 11) is 0. The van der Waals surface area contributed by atoms with Crippen LogP contribution < -0.4 is 10.6 Å². The topological polar surface area (TPSA) is 81.6 Å². The zero-order valence-electron chi connectivity index (χ0n) is 11.2. The van der Waals surface area contributed by atoms with Gasteiger partial charge in [-0.25, -0.2) is 4.79 Å². The summed E-state index contributed by atoms with van der Waals surface area (Å²) in [4.78, 5) is 11.5. The lowest BCUT2D eigenvalue weighted by molar-refractivity contribution is 0.234. The van der Waals surface area contributed by atoms with Crippen molar-refractivity contribution in [2.75, 3.05) is 19.7 Å². The maximum atomic E-state index is 11.5. The minimum absolute atomic E-state index is 0.141. The molecule has 1 aromatic rings. The van der Waals surface area contributed by atoms with Gasteiger partial charge in [-0.1, -0.05) is 19.1 Å². The number of hydrogen-bond acceptors (Lipinski definition) is 3. The van der Waals surface area contributed by atoms with Crippen LogP contribution in [0.2, 0.25) is 0 Å². The highest BCUT2D eigenvalue weighted by atomic mass is 16.3. The summed E-state index contributed by atoms with van der Waals surface area (Å²) in [6.45, 7) is 3.19. The molecule has 106 valence electrons. The van der Waals surface area contributed by atoms with E-state index < -0.39 is 0 Å². The normalized spacial score (nSPS) is 11.9. The Labute approximate surface area is 113 Å². The molecule has 0 spiro atoms. The highest BCUT2D eigenvalue weighted by Crippen LogP contribution is 2.10. The van der Waals surface area contributed by atoms with Crippen LogP contribution in [0.25, 0.3) is 0 Å². The second kappa shape index (κ2) is 8.37. The molecule has 2 amide bonds.